The molecule has 0 aliphatic carbocycles. The van der Waals surface area contributed by atoms with Crippen molar-refractivity contribution in [2.75, 3.05) is 38.2 Å². The fraction of sp³-hybridized carbons (Fsp3) is 0.650. The van der Waals surface area contributed by atoms with E-state index in [0.29, 0.717) is 18.2 Å². The summed E-state index contributed by atoms with van der Waals surface area (Å²) in [5.74, 6) is 1.97. The fourth-order valence-corrected chi connectivity index (χ4v) is 3.67. The molecule has 29 heavy (non-hydrogen) atoms. The first-order chi connectivity index (χ1) is 13.4. The molecule has 2 rings (SSSR count). The number of nitrogens with one attached hydrogen (secondary N) is 2. The third kappa shape index (κ3) is 9.78. The second kappa shape index (κ2) is 13.6. The van der Waals surface area contributed by atoms with E-state index in [4.69, 9.17) is 0 Å². The van der Waals surface area contributed by atoms with Gasteiger partial charge >= 0.3 is 6.18 Å². The lowest BCUT2D eigenvalue weighted by Gasteiger charge is -2.33. The van der Waals surface area contributed by atoms with Crippen LogP contribution in [-0.4, -0.2) is 55.1 Å². The van der Waals surface area contributed by atoms with Crippen molar-refractivity contribution in [3.8, 4) is 0 Å². The molecule has 0 bridgehead atoms. The average molecular weight is 544 g/mol. The van der Waals surface area contributed by atoms with Gasteiger partial charge in [-0.25, -0.2) is 0 Å². The van der Waals surface area contributed by atoms with E-state index in [9.17, 15) is 13.2 Å². The summed E-state index contributed by atoms with van der Waals surface area (Å²) in [6.07, 6.45) is 0.778. The van der Waals surface area contributed by atoms with Gasteiger partial charge in [-0.3, -0.25) is 9.89 Å². The third-order valence-corrected chi connectivity index (χ3v) is 5.41. The van der Waals surface area contributed by atoms with Crippen molar-refractivity contribution in [3.63, 3.8) is 0 Å². The second-order valence-electron chi connectivity index (χ2n) is 7.00. The Balaban J connectivity index is 0.00000420. The average Bonchev–Trinajstić information content (AvgIpc) is 2.66. The Hall–Kier alpha value is -0.680. The summed E-state index contributed by atoms with van der Waals surface area (Å²) in [6, 6.07) is 5.98. The maximum atomic E-state index is 12.9. The minimum absolute atomic E-state index is 0. The topological polar surface area (TPSA) is 39.7 Å². The number of hydrogen-bond donors (Lipinski definition) is 2. The Kier molecular flexibility index (Phi) is 12.3. The Morgan fingerprint density at radius 3 is 2.62 bits per heavy atom. The van der Waals surface area contributed by atoms with Crippen molar-refractivity contribution in [3.05, 3.63) is 35.4 Å². The first-order valence-electron chi connectivity index (χ1n) is 9.84. The molecule has 0 atom stereocenters. The maximum Gasteiger partial charge on any atom is 0.416 e. The van der Waals surface area contributed by atoms with Crippen molar-refractivity contribution in [1.82, 2.24) is 15.5 Å². The molecule has 0 saturated carbocycles. The second-order valence-corrected chi connectivity index (χ2v) is 7.99. The molecular formula is C20H32F3IN4S. The Morgan fingerprint density at radius 1 is 1.28 bits per heavy atom. The minimum atomic E-state index is -4.29. The van der Waals surface area contributed by atoms with Crippen molar-refractivity contribution < 1.29 is 13.2 Å². The molecule has 0 radical (unpaired) electrons. The summed E-state index contributed by atoms with van der Waals surface area (Å²) in [7, 11) is 0. The number of nitrogens with zero attached hydrogens (tertiary/aromatic N) is 2. The van der Waals surface area contributed by atoms with Crippen LogP contribution in [0.4, 0.5) is 13.2 Å². The molecule has 0 amide bonds. The van der Waals surface area contributed by atoms with Crippen LogP contribution in [0.25, 0.3) is 0 Å². The molecule has 1 fully saturated rings. The van der Waals surface area contributed by atoms with Crippen LogP contribution in [0.5, 0.6) is 0 Å². The standard InChI is InChI=1S/C20H31F3N4S.HI/c1-3-24-19(25-10-5-13-28-2)26-18-8-11-27(12-9-18)15-16-6-4-7-17(14-16)20(21,22)23;/h4,6-7,14,18H,3,5,8-13,15H2,1-2H3,(H2,24,25,26);1H. The zero-order valence-corrected chi connectivity index (χ0v) is 20.2. The number of benzene rings is 1. The highest BCUT2D eigenvalue weighted by Crippen LogP contribution is 2.30. The summed E-state index contributed by atoms with van der Waals surface area (Å²) in [5, 5.41) is 6.79. The van der Waals surface area contributed by atoms with Gasteiger partial charge in [-0.1, -0.05) is 18.2 Å². The molecule has 2 N–H and O–H groups in total. The Labute approximate surface area is 193 Å². The van der Waals surface area contributed by atoms with Gasteiger partial charge in [-0.05, 0) is 49.8 Å². The van der Waals surface area contributed by atoms with Crippen LogP contribution < -0.4 is 10.6 Å². The Morgan fingerprint density at radius 2 is 2.00 bits per heavy atom. The number of likely N-dealkylation sites (tertiary alicyclic amines) is 1. The van der Waals surface area contributed by atoms with Crippen LogP contribution in [0.3, 0.4) is 0 Å². The molecule has 0 spiro atoms. The van der Waals surface area contributed by atoms with E-state index >= 15 is 0 Å². The van der Waals surface area contributed by atoms with Gasteiger partial charge in [0.1, 0.15) is 0 Å². The van der Waals surface area contributed by atoms with Crippen molar-refractivity contribution >= 4 is 41.7 Å². The monoisotopic (exact) mass is 544 g/mol. The summed E-state index contributed by atoms with van der Waals surface area (Å²) in [5.41, 5.74) is 0.138. The van der Waals surface area contributed by atoms with Crippen LogP contribution in [0, 0.1) is 0 Å². The van der Waals surface area contributed by atoms with Crippen molar-refractivity contribution in [2.24, 2.45) is 4.99 Å². The highest BCUT2D eigenvalue weighted by molar-refractivity contribution is 14.0. The number of rotatable bonds is 8. The third-order valence-electron chi connectivity index (χ3n) is 4.71. The van der Waals surface area contributed by atoms with Gasteiger partial charge in [-0.2, -0.15) is 24.9 Å². The molecule has 1 aromatic carbocycles. The number of piperidine rings is 1. The van der Waals surface area contributed by atoms with E-state index in [1.54, 1.807) is 6.07 Å². The first-order valence-corrected chi connectivity index (χ1v) is 11.2. The molecule has 4 nitrogen and oxygen atoms in total. The molecule has 0 aromatic heterocycles. The number of aliphatic imine (C=N–C) groups is 1. The van der Waals surface area contributed by atoms with E-state index in [1.807, 2.05) is 11.8 Å². The van der Waals surface area contributed by atoms with Gasteiger partial charge in [-0.15, -0.1) is 24.0 Å². The molecular weight excluding hydrogens is 512 g/mol. The Bertz CT molecular complexity index is 620. The van der Waals surface area contributed by atoms with Crippen molar-refractivity contribution in [1.29, 1.82) is 0 Å². The van der Waals surface area contributed by atoms with E-state index < -0.39 is 11.7 Å². The number of halogens is 4. The summed E-state index contributed by atoms with van der Waals surface area (Å²) >= 11 is 1.83. The van der Waals surface area contributed by atoms with Crippen LogP contribution in [-0.2, 0) is 12.7 Å². The number of alkyl halides is 3. The SMILES string of the molecule is CCNC(=NCCCSC)NC1CCN(Cc2cccc(C(F)(F)F)c2)CC1.I. The molecule has 1 aromatic rings. The number of hydrogen-bond acceptors (Lipinski definition) is 3. The molecule has 1 heterocycles. The van der Waals surface area contributed by atoms with Gasteiger partial charge in [0, 0.05) is 38.8 Å². The van der Waals surface area contributed by atoms with Gasteiger partial charge < -0.3 is 10.6 Å². The highest BCUT2D eigenvalue weighted by Gasteiger charge is 2.30. The predicted octanol–water partition coefficient (Wildman–Crippen LogP) is 4.60. The van der Waals surface area contributed by atoms with E-state index in [0.717, 1.165) is 63.2 Å². The highest BCUT2D eigenvalue weighted by atomic mass is 127. The van der Waals surface area contributed by atoms with Crippen LogP contribution in [0.15, 0.2) is 29.3 Å². The lowest BCUT2D eigenvalue weighted by Crippen LogP contribution is -2.48. The minimum Gasteiger partial charge on any atom is -0.357 e. The summed E-state index contributed by atoms with van der Waals surface area (Å²) in [4.78, 5) is 6.84. The summed E-state index contributed by atoms with van der Waals surface area (Å²) < 4.78 is 38.6. The fourth-order valence-electron chi connectivity index (χ4n) is 3.25. The zero-order chi connectivity index (χ0) is 20.4. The van der Waals surface area contributed by atoms with Crippen LogP contribution in [0.2, 0.25) is 0 Å². The molecule has 1 saturated heterocycles. The molecule has 166 valence electrons. The molecule has 0 unspecified atom stereocenters. The van der Waals surface area contributed by atoms with Gasteiger partial charge in [0.15, 0.2) is 5.96 Å². The molecule has 9 heteroatoms. The number of guanidine groups is 1. The molecule has 1 aliphatic heterocycles. The quantitative estimate of drug-likeness (QED) is 0.217. The van der Waals surface area contributed by atoms with Crippen LogP contribution >= 0.6 is 35.7 Å². The van der Waals surface area contributed by atoms with Gasteiger partial charge in [0.05, 0.1) is 5.56 Å². The van der Waals surface area contributed by atoms with E-state index in [1.165, 1.54) is 12.1 Å². The lowest BCUT2D eigenvalue weighted by molar-refractivity contribution is -0.137. The van der Waals surface area contributed by atoms with Gasteiger partial charge in [0.2, 0.25) is 0 Å². The van der Waals surface area contributed by atoms with Gasteiger partial charge in [0.25, 0.3) is 0 Å². The van der Waals surface area contributed by atoms with Crippen molar-refractivity contribution in [2.45, 2.75) is 44.9 Å². The number of thioether (sulfide) groups is 1. The molecule has 1 aliphatic rings. The largest absolute Gasteiger partial charge is 0.416 e. The lowest BCUT2D eigenvalue weighted by atomic mass is 10.0. The van der Waals surface area contributed by atoms with E-state index in [2.05, 4.69) is 33.7 Å². The predicted molar refractivity (Wildman–Crippen MR) is 127 cm³/mol. The smallest absolute Gasteiger partial charge is 0.357 e. The first kappa shape index (κ1) is 26.4. The van der Waals surface area contributed by atoms with Crippen LogP contribution in [0.1, 0.15) is 37.3 Å². The summed E-state index contributed by atoms with van der Waals surface area (Å²) in [6.45, 7) is 5.96. The normalized spacial score (nSPS) is 16.4. The maximum absolute atomic E-state index is 12.9. The van der Waals surface area contributed by atoms with E-state index in [-0.39, 0.29) is 24.0 Å². The zero-order valence-electron chi connectivity index (χ0n) is 17.1.